The topological polar surface area (TPSA) is 130 Å². The smallest absolute Gasteiger partial charge is 0.259 e. The first-order valence-electron chi connectivity index (χ1n) is 4.97. The molecule has 0 radical (unpaired) electrons. The molecule has 0 saturated carbocycles. The minimum Gasteiger partial charge on any atom is -0.385 e. The number of fused-ring (bicyclic) bond motifs is 1. The van der Waals surface area contributed by atoms with Crippen molar-refractivity contribution in [1.29, 1.82) is 0 Å². The highest BCUT2D eigenvalue weighted by Gasteiger charge is 2.33. The molecular formula is C9H11N5O3. The molecule has 4 N–H and O–H groups in total. The Hall–Kier alpha value is -2.09. The molecule has 2 heterocycles. The largest absolute Gasteiger partial charge is 0.385 e. The van der Waals surface area contributed by atoms with Crippen LogP contribution in [0.15, 0.2) is 15.0 Å². The molecule has 0 aromatic carbocycles. The Morgan fingerprint density at radius 2 is 2.35 bits per heavy atom. The molecule has 0 aliphatic carbocycles. The number of nitrogens with zero attached hydrogens (tertiary/aromatic N) is 3. The highest BCUT2D eigenvalue weighted by Crippen LogP contribution is 2.09. The Kier molecular flexibility index (Phi) is 2.72. The molecule has 8 nitrogen and oxygen atoms in total. The number of hydrogen-bond acceptors (Lipinski definition) is 7. The minimum absolute atomic E-state index is 0.000370. The zero-order valence-electron chi connectivity index (χ0n) is 9.04. The minimum atomic E-state index is -1.16. The van der Waals surface area contributed by atoms with Crippen molar-refractivity contribution in [2.75, 3.05) is 6.54 Å². The molecule has 0 saturated heterocycles. The van der Waals surface area contributed by atoms with Crippen LogP contribution in [0.25, 0.3) is 0 Å². The predicted molar refractivity (Wildman–Crippen MR) is 60.0 cm³/mol. The first-order chi connectivity index (χ1) is 7.99. The van der Waals surface area contributed by atoms with Crippen molar-refractivity contribution in [3.8, 4) is 0 Å². The van der Waals surface area contributed by atoms with Gasteiger partial charge in [-0.05, 0) is 6.92 Å². The second kappa shape index (κ2) is 4.06. The predicted octanol–water partition coefficient (Wildman–Crippen LogP) is -2.40. The van der Waals surface area contributed by atoms with Crippen molar-refractivity contribution in [3.05, 3.63) is 0 Å². The number of aliphatic hydroxyl groups excluding tert-OH is 1. The molecule has 0 aromatic heterocycles. The van der Waals surface area contributed by atoms with Gasteiger partial charge in [-0.2, -0.15) is 4.99 Å². The number of nitrogens with one attached hydrogen (secondary N) is 1. The van der Waals surface area contributed by atoms with Crippen LogP contribution in [0.3, 0.4) is 0 Å². The summed E-state index contributed by atoms with van der Waals surface area (Å²) < 4.78 is 0. The highest BCUT2D eigenvalue weighted by molar-refractivity contribution is 6.43. The lowest BCUT2D eigenvalue weighted by Gasteiger charge is -2.22. The van der Waals surface area contributed by atoms with E-state index in [4.69, 9.17) is 10.8 Å². The molecule has 2 aliphatic heterocycles. The third kappa shape index (κ3) is 2.07. The van der Waals surface area contributed by atoms with Crippen LogP contribution in [-0.4, -0.2) is 53.0 Å². The fraction of sp³-hybridized carbons (Fsp3) is 0.444. The molecule has 1 unspecified atom stereocenters. The van der Waals surface area contributed by atoms with Crippen LogP contribution in [0.1, 0.15) is 6.92 Å². The van der Waals surface area contributed by atoms with Crippen molar-refractivity contribution in [2.24, 2.45) is 20.7 Å². The van der Waals surface area contributed by atoms with Crippen molar-refractivity contribution in [2.45, 2.75) is 19.1 Å². The van der Waals surface area contributed by atoms with E-state index in [1.807, 2.05) is 0 Å². The van der Waals surface area contributed by atoms with Gasteiger partial charge in [0.2, 0.25) is 11.7 Å². The number of carbonyl (C=O) groups is 2. The molecule has 0 bridgehead atoms. The zero-order valence-corrected chi connectivity index (χ0v) is 9.04. The van der Waals surface area contributed by atoms with E-state index in [-0.39, 0.29) is 24.1 Å². The fourth-order valence-electron chi connectivity index (χ4n) is 1.50. The van der Waals surface area contributed by atoms with E-state index in [9.17, 15) is 9.59 Å². The summed E-state index contributed by atoms with van der Waals surface area (Å²) in [6, 6.07) is -0.950. The Bertz CT molecular complexity index is 477. The Morgan fingerprint density at radius 1 is 1.65 bits per heavy atom. The van der Waals surface area contributed by atoms with Gasteiger partial charge in [0.15, 0.2) is 11.9 Å². The summed E-state index contributed by atoms with van der Waals surface area (Å²) in [4.78, 5) is 34.8. The number of guanidine groups is 1. The van der Waals surface area contributed by atoms with Crippen molar-refractivity contribution in [1.82, 2.24) is 5.32 Å². The first kappa shape index (κ1) is 11.4. The van der Waals surface area contributed by atoms with Gasteiger partial charge in [-0.3, -0.25) is 24.9 Å². The molecular weight excluding hydrogens is 226 g/mol. The van der Waals surface area contributed by atoms with Crippen LogP contribution in [0, 0.1) is 0 Å². The fourth-order valence-corrected chi connectivity index (χ4v) is 1.50. The van der Waals surface area contributed by atoms with Crippen molar-refractivity contribution >= 4 is 29.2 Å². The second-order valence-electron chi connectivity index (χ2n) is 3.68. The van der Waals surface area contributed by atoms with Gasteiger partial charge >= 0.3 is 0 Å². The quantitative estimate of drug-likeness (QED) is 0.494. The number of amides is 1. The third-order valence-corrected chi connectivity index (χ3v) is 2.32. The summed E-state index contributed by atoms with van der Waals surface area (Å²) >= 11 is 0. The molecule has 0 spiro atoms. The Labute approximate surface area is 96.3 Å². The van der Waals surface area contributed by atoms with Gasteiger partial charge in [0.25, 0.3) is 5.91 Å². The average molecular weight is 237 g/mol. The third-order valence-electron chi connectivity index (χ3n) is 2.32. The number of carbonyl (C=O) groups excluding carboxylic acids is 2. The number of Topliss-reactive ketones (excluding diaryl/α,β-unsaturated/α-hetero) is 1. The van der Waals surface area contributed by atoms with E-state index >= 15 is 0 Å². The van der Waals surface area contributed by atoms with Crippen LogP contribution in [-0.2, 0) is 9.59 Å². The molecule has 0 fully saturated rings. The van der Waals surface area contributed by atoms with Crippen LogP contribution in [0.4, 0.5) is 0 Å². The maximum absolute atomic E-state index is 11.5. The van der Waals surface area contributed by atoms with Crippen LogP contribution in [0.2, 0.25) is 0 Å². The van der Waals surface area contributed by atoms with E-state index in [2.05, 4.69) is 20.3 Å². The van der Waals surface area contributed by atoms with E-state index in [1.165, 1.54) is 6.92 Å². The van der Waals surface area contributed by atoms with E-state index in [0.717, 1.165) is 0 Å². The number of aliphatic imine (C=N–C) groups is 3. The molecule has 0 aromatic rings. The molecule has 1 amide bonds. The van der Waals surface area contributed by atoms with Gasteiger partial charge < -0.3 is 10.8 Å². The number of nitrogens with two attached hydrogens (primary N) is 1. The summed E-state index contributed by atoms with van der Waals surface area (Å²) in [5, 5.41) is 11.4. The van der Waals surface area contributed by atoms with E-state index in [0.29, 0.717) is 0 Å². The van der Waals surface area contributed by atoms with Crippen molar-refractivity contribution < 1.29 is 14.7 Å². The lowest BCUT2D eigenvalue weighted by Crippen LogP contribution is -2.52. The van der Waals surface area contributed by atoms with Crippen molar-refractivity contribution in [3.63, 3.8) is 0 Å². The SMILES string of the molecule is C[C@H](O)C(=O)C1=NC2C(=O)NC(N)=NC2=NC1. The maximum atomic E-state index is 11.5. The molecule has 8 heteroatoms. The maximum Gasteiger partial charge on any atom is 0.259 e. The number of rotatable bonds is 2. The molecule has 2 atom stereocenters. The number of ketones is 1. The summed E-state index contributed by atoms with van der Waals surface area (Å²) in [5.41, 5.74) is 5.43. The van der Waals surface area contributed by atoms with E-state index in [1.54, 1.807) is 0 Å². The van der Waals surface area contributed by atoms with Gasteiger partial charge in [0, 0.05) is 0 Å². The lowest BCUT2D eigenvalue weighted by molar-refractivity contribution is -0.119. The molecule has 17 heavy (non-hydrogen) atoms. The molecule has 2 aliphatic rings. The standard InChI is InChI=1S/C9H11N5O3/c1-3(15)6(16)4-2-11-7-5(12-4)8(17)14-9(10)13-7/h3,5,15H,2H2,1H3,(H3,10,11,13,14,17)/t3-,5?/m0/s1. The van der Waals surface area contributed by atoms with Gasteiger partial charge in [-0.25, -0.2) is 0 Å². The zero-order chi connectivity index (χ0) is 12.6. The molecule has 2 rings (SSSR count). The van der Waals surface area contributed by atoms with Gasteiger partial charge in [0.1, 0.15) is 11.8 Å². The van der Waals surface area contributed by atoms with Gasteiger partial charge in [-0.1, -0.05) is 0 Å². The van der Waals surface area contributed by atoms with E-state index < -0.39 is 23.8 Å². The Morgan fingerprint density at radius 3 is 3.00 bits per heavy atom. The lowest BCUT2D eigenvalue weighted by atomic mass is 10.1. The summed E-state index contributed by atoms with van der Waals surface area (Å²) in [6.07, 6.45) is -1.16. The average Bonchev–Trinajstić information content (AvgIpc) is 2.27. The Balaban J connectivity index is 2.29. The van der Waals surface area contributed by atoms with Gasteiger partial charge in [-0.15, -0.1) is 0 Å². The van der Waals surface area contributed by atoms with Crippen LogP contribution in [0.5, 0.6) is 0 Å². The first-order valence-corrected chi connectivity index (χ1v) is 4.97. The molecule has 90 valence electrons. The number of amidine groups is 1. The summed E-state index contributed by atoms with van der Waals surface area (Å²) in [7, 11) is 0. The monoisotopic (exact) mass is 237 g/mol. The second-order valence-corrected chi connectivity index (χ2v) is 3.68. The number of hydrogen-bond donors (Lipinski definition) is 3. The normalized spacial score (nSPS) is 24.9. The number of aliphatic hydroxyl groups is 1. The summed E-state index contributed by atoms with van der Waals surface area (Å²) in [5.74, 6) is -0.867. The van der Waals surface area contributed by atoms with Gasteiger partial charge in [0.05, 0.1) is 6.54 Å². The van der Waals surface area contributed by atoms with Crippen LogP contribution >= 0.6 is 0 Å². The highest BCUT2D eigenvalue weighted by atomic mass is 16.3. The van der Waals surface area contributed by atoms with Crippen LogP contribution < -0.4 is 11.1 Å². The summed E-state index contributed by atoms with van der Waals surface area (Å²) in [6.45, 7) is 1.33.